The van der Waals surface area contributed by atoms with Crippen molar-refractivity contribution >= 4 is 15.9 Å². The van der Waals surface area contributed by atoms with Crippen molar-refractivity contribution in [2.45, 2.75) is 12.8 Å². The highest BCUT2D eigenvalue weighted by Gasteiger charge is 2.22. The molecule has 2 aromatic heterocycles. The van der Waals surface area contributed by atoms with E-state index in [0.717, 1.165) is 34.3 Å². The molecule has 0 saturated heterocycles. The van der Waals surface area contributed by atoms with Crippen molar-refractivity contribution in [3.63, 3.8) is 0 Å². The van der Waals surface area contributed by atoms with Gasteiger partial charge in [0, 0.05) is 33.6 Å². The molecule has 1 aliphatic carbocycles. The first kappa shape index (κ1) is 11.9. The maximum atomic E-state index is 4.51. The third-order valence-electron chi connectivity index (χ3n) is 3.78. The van der Waals surface area contributed by atoms with Crippen molar-refractivity contribution < 1.29 is 0 Å². The second kappa shape index (κ2) is 4.56. The Labute approximate surface area is 125 Å². The molecule has 2 heterocycles. The fourth-order valence-electron chi connectivity index (χ4n) is 2.85. The van der Waals surface area contributed by atoms with Gasteiger partial charge in [-0.05, 0) is 42.7 Å². The summed E-state index contributed by atoms with van der Waals surface area (Å²) in [5.74, 6) is 0. The molecule has 1 aromatic carbocycles. The first-order chi connectivity index (χ1) is 9.83. The molecule has 4 heteroatoms. The number of nitrogens with zero attached hydrogens (tertiary/aromatic N) is 2. The Bertz CT molecular complexity index is 778. The number of nitrogens with one attached hydrogen (secondary N) is 1. The van der Waals surface area contributed by atoms with E-state index < -0.39 is 0 Å². The number of aromatic nitrogens is 3. The Kier molecular flexibility index (Phi) is 2.70. The van der Waals surface area contributed by atoms with Crippen LogP contribution in [-0.2, 0) is 12.8 Å². The largest absolute Gasteiger partial charge is 0.277 e. The molecular formula is C16H12BrN3. The minimum Gasteiger partial charge on any atom is -0.277 e. The standard InChI is InChI=1S/C16H12BrN3/c17-12-4-6-13-10(8-12)3-5-14-15(19-20-16(13)14)11-2-1-7-18-9-11/h1-2,4,6-9H,3,5H2,(H,19,20). The van der Waals surface area contributed by atoms with Crippen LogP contribution in [0, 0.1) is 0 Å². The molecule has 0 aliphatic heterocycles. The molecule has 3 aromatic rings. The number of rotatable bonds is 1. The van der Waals surface area contributed by atoms with E-state index in [0.29, 0.717) is 0 Å². The van der Waals surface area contributed by atoms with Crippen molar-refractivity contribution in [1.82, 2.24) is 15.2 Å². The third kappa shape index (κ3) is 1.79. The first-order valence-corrected chi connectivity index (χ1v) is 7.38. The van der Waals surface area contributed by atoms with Crippen LogP contribution in [0.1, 0.15) is 11.1 Å². The van der Waals surface area contributed by atoms with Crippen molar-refractivity contribution in [1.29, 1.82) is 0 Å². The lowest BCUT2D eigenvalue weighted by Gasteiger charge is -2.16. The lowest BCUT2D eigenvalue weighted by atomic mass is 9.88. The number of pyridine rings is 1. The number of aromatic amines is 1. The van der Waals surface area contributed by atoms with Gasteiger partial charge in [-0.25, -0.2) is 0 Å². The molecule has 3 nitrogen and oxygen atoms in total. The molecule has 0 fully saturated rings. The molecule has 0 saturated carbocycles. The zero-order valence-electron chi connectivity index (χ0n) is 10.7. The van der Waals surface area contributed by atoms with Gasteiger partial charge in [-0.15, -0.1) is 0 Å². The Morgan fingerprint density at radius 1 is 1.15 bits per heavy atom. The van der Waals surface area contributed by atoms with E-state index in [4.69, 9.17) is 0 Å². The van der Waals surface area contributed by atoms with E-state index in [1.54, 1.807) is 6.20 Å². The summed E-state index contributed by atoms with van der Waals surface area (Å²) in [5, 5.41) is 7.72. The van der Waals surface area contributed by atoms with Gasteiger partial charge in [0.05, 0.1) is 11.4 Å². The van der Waals surface area contributed by atoms with Crippen LogP contribution in [0.5, 0.6) is 0 Å². The van der Waals surface area contributed by atoms with Gasteiger partial charge in [0.25, 0.3) is 0 Å². The van der Waals surface area contributed by atoms with Crippen LogP contribution in [0.2, 0.25) is 0 Å². The average Bonchev–Trinajstić information content (AvgIpc) is 2.92. The van der Waals surface area contributed by atoms with Gasteiger partial charge in [0.15, 0.2) is 0 Å². The smallest absolute Gasteiger partial charge is 0.0974 e. The molecule has 0 spiro atoms. The van der Waals surface area contributed by atoms with Gasteiger partial charge >= 0.3 is 0 Å². The van der Waals surface area contributed by atoms with E-state index in [1.165, 1.54) is 16.7 Å². The molecule has 0 unspecified atom stereocenters. The molecule has 1 N–H and O–H groups in total. The lowest BCUT2D eigenvalue weighted by molar-refractivity contribution is 0.942. The van der Waals surface area contributed by atoms with Gasteiger partial charge in [-0.3, -0.25) is 10.1 Å². The van der Waals surface area contributed by atoms with Crippen LogP contribution in [0.15, 0.2) is 47.2 Å². The summed E-state index contributed by atoms with van der Waals surface area (Å²) in [5.41, 5.74) is 7.18. The highest BCUT2D eigenvalue weighted by Crippen LogP contribution is 2.37. The van der Waals surface area contributed by atoms with Crippen LogP contribution >= 0.6 is 15.9 Å². The maximum absolute atomic E-state index is 4.51. The Morgan fingerprint density at radius 2 is 2.10 bits per heavy atom. The summed E-state index contributed by atoms with van der Waals surface area (Å²) >= 11 is 3.54. The summed E-state index contributed by atoms with van der Waals surface area (Å²) < 4.78 is 1.13. The first-order valence-electron chi connectivity index (χ1n) is 6.59. The number of aryl methyl sites for hydroxylation is 1. The number of benzene rings is 1. The van der Waals surface area contributed by atoms with Crippen molar-refractivity contribution in [2.75, 3.05) is 0 Å². The second-order valence-corrected chi connectivity index (χ2v) is 5.88. The number of hydrogen-bond acceptors (Lipinski definition) is 2. The normalized spacial score (nSPS) is 12.8. The van der Waals surface area contributed by atoms with Gasteiger partial charge in [-0.2, -0.15) is 5.10 Å². The SMILES string of the molecule is Brc1ccc2c(c1)CCc1c(-c3cccnc3)n[nH]c1-2. The highest BCUT2D eigenvalue weighted by atomic mass is 79.9. The van der Waals surface area contributed by atoms with Gasteiger partial charge < -0.3 is 0 Å². The minimum absolute atomic E-state index is 1.01. The van der Waals surface area contributed by atoms with E-state index in [9.17, 15) is 0 Å². The van der Waals surface area contributed by atoms with Crippen LogP contribution in [0.3, 0.4) is 0 Å². The Morgan fingerprint density at radius 3 is 2.95 bits per heavy atom. The summed E-state index contributed by atoms with van der Waals surface area (Å²) in [4.78, 5) is 4.19. The lowest BCUT2D eigenvalue weighted by Crippen LogP contribution is -2.03. The third-order valence-corrected chi connectivity index (χ3v) is 4.28. The number of fused-ring (bicyclic) bond motifs is 3. The molecule has 20 heavy (non-hydrogen) atoms. The zero-order valence-corrected chi connectivity index (χ0v) is 12.3. The van der Waals surface area contributed by atoms with Crippen LogP contribution in [-0.4, -0.2) is 15.2 Å². The molecule has 98 valence electrons. The molecule has 0 atom stereocenters. The predicted molar refractivity (Wildman–Crippen MR) is 82.4 cm³/mol. The number of hydrogen-bond donors (Lipinski definition) is 1. The fraction of sp³-hybridized carbons (Fsp3) is 0.125. The maximum Gasteiger partial charge on any atom is 0.0974 e. The molecule has 0 radical (unpaired) electrons. The van der Waals surface area contributed by atoms with Crippen molar-refractivity contribution in [3.05, 3.63) is 58.3 Å². The monoisotopic (exact) mass is 325 g/mol. The minimum atomic E-state index is 1.01. The molecular weight excluding hydrogens is 314 g/mol. The highest BCUT2D eigenvalue weighted by molar-refractivity contribution is 9.10. The molecule has 4 rings (SSSR count). The van der Waals surface area contributed by atoms with Crippen LogP contribution in [0.25, 0.3) is 22.5 Å². The van der Waals surface area contributed by atoms with Crippen molar-refractivity contribution in [2.24, 2.45) is 0 Å². The van der Waals surface area contributed by atoms with Gasteiger partial charge in [0.2, 0.25) is 0 Å². The fourth-order valence-corrected chi connectivity index (χ4v) is 3.25. The van der Waals surface area contributed by atoms with E-state index in [-0.39, 0.29) is 0 Å². The van der Waals surface area contributed by atoms with Crippen LogP contribution in [0.4, 0.5) is 0 Å². The Balaban J connectivity index is 1.89. The van der Waals surface area contributed by atoms with Crippen LogP contribution < -0.4 is 0 Å². The topological polar surface area (TPSA) is 41.6 Å². The van der Waals surface area contributed by atoms with Gasteiger partial charge in [0.1, 0.15) is 0 Å². The summed E-state index contributed by atoms with van der Waals surface area (Å²) in [7, 11) is 0. The van der Waals surface area contributed by atoms with E-state index >= 15 is 0 Å². The quantitative estimate of drug-likeness (QED) is 0.734. The van der Waals surface area contributed by atoms with Gasteiger partial charge in [-0.1, -0.05) is 22.0 Å². The average molecular weight is 326 g/mol. The summed E-state index contributed by atoms with van der Waals surface area (Å²) in [6, 6.07) is 10.4. The number of H-pyrrole nitrogens is 1. The molecule has 1 aliphatic rings. The summed E-state index contributed by atoms with van der Waals surface area (Å²) in [6.45, 7) is 0. The number of halogens is 1. The molecule has 0 bridgehead atoms. The van der Waals surface area contributed by atoms with E-state index in [2.05, 4.69) is 55.4 Å². The predicted octanol–water partition coefficient (Wildman–Crippen LogP) is 4.00. The van der Waals surface area contributed by atoms with E-state index in [1.807, 2.05) is 12.3 Å². The zero-order chi connectivity index (χ0) is 13.5. The van der Waals surface area contributed by atoms with Crippen molar-refractivity contribution in [3.8, 4) is 22.5 Å². The second-order valence-electron chi connectivity index (χ2n) is 4.97. The summed E-state index contributed by atoms with van der Waals surface area (Å²) in [6.07, 6.45) is 5.72. The molecule has 0 amide bonds. The Hall–Kier alpha value is -1.94.